The highest BCUT2D eigenvalue weighted by Crippen LogP contribution is 2.01. The Morgan fingerprint density at radius 3 is 2.43 bits per heavy atom. The first-order valence-corrected chi connectivity index (χ1v) is 7.12. The number of rotatable bonds is 10. The molecule has 2 nitrogen and oxygen atoms in total. The molecule has 0 amide bonds. The molecule has 0 aliphatic heterocycles. The monoisotopic (exact) mass is 237 g/mol. The first-order chi connectivity index (χ1) is 6.85. The van der Waals surface area contributed by atoms with E-state index in [1.807, 2.05) is 11.8 Å². The standard InChI is InChI=1S/C10H23NOS2/c1-3-11(4-2)5-9-14-10-7-12-6-8-13/h13H,3-10H2,1-2H3. The van der Waals surface area contributed by atoms with Crippen LogP contribution in [0.4, 0.5) is 0 Å². The van der Waals surface area contributed by atoms with E-state index in [0.29, 0.717) is 0 Å². The molecule has 0 fully saturated rings. The van der Waals surface area contributed by atoms with Gasteiger partial charge in [0, 0.05) is 23.8 Å². The summed E-state index contributed by atoms with van der Waals surface area (Å²) < 4.78 is 5.33. The lowest BCUT2D eigenvalue weighted by Crippen LogP contribution is -2.25. The van der Waals surface area contributed by atoms with Gasteiger partial charge in [-0.15, -0.1) is 0 Å². The van der Waals surface area contributed by atoms with E-state index < -0.39 is 0 Å². The van der Waals surface area contributed by atoms with Gasteiger partial charge in [-0.25, -0.2) is 0 Å². The Morgan fingerprint density at radius 2 is 1.86 bits per heavy atom. The average Bonchev–Trinajstić information content (AvgIpc) is 2.22. The summed E-state index contributed by atoms with van der Waals surface area (Å²) in [6.45, 7) is 9.59. The van der Waals surface area contributed by atoms with Crippen molar-refractivity contribution in [3.8, 4) is 0 Å². The van der Waals surface area contributed by atoms with Gasteiger partial charge in [-0.1, -0.05) is 13.8 Å². The van der Waals surface area contributed by atoms with Gasteiger partial charge in [0.1, 0.15) is 0 Å². The van der Waals surface area contributed by atoms with Gasteiger partial charge < -0.3 is 9.64 Å². The topological polar surface area (TPSA) is 12.5 Å². The fourth-order valence-electron chi connectivity index (χ4n) is 1.12. The van der Waals surface area contributed by atoms with E-state index in [4.69, 9.17) is 4.74 Å². The van der Waals surface area contributed by atoms with Crippen LogP contribution in [0.25, 0.3) is 0 Å². The summed E-state index contributed by atoms with van der Waals surface area (Å²) in [5.41, 5.74) is 0. The van der Waals surface area contributed by atoms with E-state index >= 15 is 0 Å². The second-order valence-electron chi connectivity index (χ2n) is 2.98. The summed E-state index contributed by atoms with van der Waals surface area (Å²) in [7, 11) is 0. The summed E-state index contributed by atoms with van der Waals surface area (Å²) in [5, 5.41) is 0. The quantitative estimate of drug-likeness (QED) is 0.461. The van der Waals surface area contributed by atoms with Crippen molar-refractivity contribution in [2.24, 2.45) is 0 Å². The molecular weight excluding hydrogens is 214 g/mol. The zero-order chi connectivity index (χ0) is 10.6. The van der Waals surface area contributed by atoms with Gasteiger partial charge in [0.25, 0.3) is 0 Å². The summed E-state index contributed by atoms with van der Waals surface area (Å²) >= 11 is 6.05. The molecule has 86 valence electrons. The van der Waals surface area contributed by atoms with Gasteiger partial charge in [0.2, 0.25) is 0 Å². The molecule has 0 aromatic heterocycles. The molecule has 0 rings (SSSR count). The van der Waals surface area contributed by atoms with E-state index in [1.165, 1.54) is 12.3 Å². The number of ether oxygens (including phenoxy) is 1. The average molecular weight is 237 g/mol. The van der Waals surface area contributed by atoms with Crippen LogP contribution in [0.5, 0.6) is 0 Å². The smallest absolute Gasteiger partial charge is 0.0557 e. The minimum absolute atomic E-state index is 0.777. The third-order valence-corrected chi connectivity index (χ3v) is 3.16. The van der Waals surface area contributed by atoms with Crippen LogP contribution in [-0.2, 0) is 4.74 Å². The SMILES string of the molecule is CCN(CC)CCSCCOCCS. The van der Waals surface area contributed by atoms with E-state index in [1.54, 1.807) is 0 Å². The van der Waals surface area contributed by atoms with Crippen LogP contribution in [0.15, 0.2) is 0 Å². The molecule has 0 aliphatic carbocycles. The molecule has 4 heteroatoms. The van der Waals surface area contributed by atoms with E-state index in [0.717, 1.165) is 37.8 Å². The maximum Gasteiger partial charge on any atom is 0.0557 e. The van der Waals surface area contributed by atoms with Crippen LogP contribution < -0.4 is 0 Å². The molecule has 0 spiro atoms. The molecule has 0 heterocycles. The van der Waals surface area contributed by atoms with E-state index in [-0.39, 0.29) is 0 Å². The van der Waals surface area contributed by atoms with Gasteiger partial charge in [-0.05, 0) is 13.1 Å². The van der Waals surface area contributed by atoms with Crippen LogP contribution in [-0.4, -0.2) is 55.0 Å². The summed E-state index contributed by atoms with van der Waals surface area (Å²) in [6, 6.07) is 0. The first kappa shape index (κ1) is 14.6. The predicted octanol–water partition coefficient (Wildman–Crippen LogP) is 2.01. The highest BCUT2D eigenvalue weighted by atomic mass is 32.2. The Bertz CT molecular complexity index is 110. The third kappa shape index (κ3) is 9.19. The second-order valence-corrected chi connectivity index (χ2v) is 4.65. The Morgan fingerprint density at radius 1 is 1.14 bits per heavy atom. The molecule has 0 aromatic rings. The minimum atomic E-state index is 0.777. The molecule has 0 aliphatic rings. The molecule has 0 unspecified atom stereocenters. The molecule has 0 saturated heterocycles. The number of thiol groups is 1. The van der Waals surface area contributed by atoms with Crippen LogP contribution >= 0.6 is 24.4 Å². The van der Waals surface area contributed by atoms with Crippen LogP contribution in [0.2, 0.25) is 0 Å². The van der Waals surface area contributed by atoms with Gasteiger partial charge in [-0.2, -0.15) is 24.4 Å². The third-order valence-electron chi connectivity index (χ3n) is 2.05. The van der Waals surface area contributed by atoms with Crippen LogP contribution in [0.1, 0.15) is 13.8 Å². The zero-order valence-electron chi connectivity index (χ0n) is 9.37. The number of thioether (sulfide) groups is 1. The van der Waals surface area contributed by atoms with Gasteiger partial charge >= 0.3 is 0 Å². The Balaban J connectivity index is 3.04. The molecule has 0 atom stereocenters. The molecule has 0 N–H and O–H groups in total. The predicted molar refractivity (Wildman–Crippen MR) is 69.8 cm³/mol. The molecule has 14 heavy (non-hydrogen) atoms. The molecule has 0 saturated carbocycles. The van der Waals surface area contributed by atoms with Crippen molar-refractivity contribution in [2.75, 3.05) is 50.1 Å². The summed E-state index contributed by atoms with van der Waals surface area (Å²) in [5.74, 6) is 3.14. The van der Waals surface area contributed by atoms with Crippen LogP contribution in [0, 0.1) is 0 Å². The van der Waals surface area contributed by atoms with Gasteiger partial charge in [0.15, 0.2) is 0 Å². The number of nitrogens with zero attached hydrogens (tertiary/aromatic N) is 1. The fourth-order valence-corrected chi connectivity index (χ4v) is 2.08. The molecule has 0 aromatic carbocycles. The van der Waals surface area contributed by atoms with Crippen molar-refractivity contribution < 1.29 is 4.74 Å². The lowest BCUT2D eigenvalue weighted by molar-refractivity contribution is 0.167. The van der Waals surface area contributed by atoms with Crippen LogP contribution in [0.3, 0.4) is 0 Å². The van der Waals surface area contributed by atoms with Gasteiger partial charge in [0.05, 0.1) is 13.2 Å². The van der Waals surface area contributed by atoms with E-state index in [9.17, 15) is 0 Å². The minimum Gasteiger partial charge on any atom is -0.380 e. The maximum absolute atomic E-state index is 5.33. The normalized spacial score (nSPS) is 11.1. The van der Waals surface area contributed by atoms with Crippen molar-refractivity contribution in [2.45, 2.75) is 13.8 Å². The lowest BCUT2D eigenvalue weighted by atomic mass is 10.5. The summed E-state index contributed by atoms with van der Waals surface area (Å²) in [6.07, 6.45) is 0. The number of hydrogen-bond donors (Lipinski definition) is 1. The van der Waals surface area contributed by atoms with Crippen molar-refractivity contribution in [1.29, 1.82) is 0 Å². The van der Waals surface area contributed by atoms with Gasteiger partial charge in [-0.3, -0.25) is 0 Å². The van der Waals surface area contributed by atoms with E-state index in [2.05, 4.69) is 31.4 Å². The molecule has 0 bridgehead atoms. The van der Waals surface area contributed by atoms with Crippen molar-refractivity contribution in [3.05, 3.63) is 0 Å². The van der Waals surface area contributed by atoms with Crippen molar-refractivity contribution in [1.82, 2.24) is 4.90 Å². The largest absolute Gasteiger partial charge is 0.380 e. The molecule has 0 radical (unpaired) electrons. The zero-order valence-corrected chi connectivity index (χ0v) is 11.1. The Hall–Kier alpha value is 0.620. The number of hydrogen-bond acceptors (Lipinski definition) is 4. The summed E-state index contributed by atoms with van der Waals surface area (Å²) in [4.78, 5) is 2.45. The Labute approximate surface area is 98.2 Å². The van der Waals surface area contributed by atoms with Crippen molar-refractivity contribution >= 4 is 24.4 Å². The fraction of sp³-hybridized carbons (Fsp3) is 1.00. The Kier molecular flexibility index (Phi) is 12.2. The maximum atomic E-state index is 5.33. The second kappa shape index (κ2) is 11.7. The lowest BCUT2D eigenvalue weighted by Gasteiger charge is -2.17. The highest BCUT2D eigenvalue weighted by Gasteiger charge is 1.97. The highest BCUT2D eigenvalue weighted by molar-refractivity contribution is 7.99. The molecular formula is C10H23NOS2. The van der Waals surface area contributed by atoms with Crippen molar-refractivity contribution in [3.63, 3.8) is 0 Å². The first-order valence-electron chi connectivity index (χ1n) is 5.33.